The molecule has 1 unspecified atom stereocenters. The number of halogens is 2. The number of hydrogen-bond donors (Lipinski definition) is 1. The van der Waals surface area contributed by atoms with Crippen LogP contribution in [0.25, 0.3) is 16.0 Å². The maximum absolute atomic E-state index is 15.8. The Labute approximate surface area is 189 Å². The molecule has 0 fully saturated rings. The van der Waals surface area contributed by atoms with Crippen LogP contribution in [0.3, 0.4) is 0 Å². The Bertz CT molecular complexity index is 1270. The van der Waals surface area contributed by atoms with Crippen molar-refractivity contribution in [3.8, 4) is 16.9 Å². The van der Waals surface area contributed by atoms with Crippen LogP contribution in [0.1, 0.15) is 23.7 Å². The number of aliphatic imine (C=N–C) groups is 1. The van der Waals surface area contributed by atoms with Crippen LogP contribution in [0, 0.1) is 6.57 Å². The van der Waals surface area contributed by atoms with Crippen molar-refractivity contribution in [2.24, 2.45) is 10.7 Å². The highest BCUT2D eigenvalue weighted by molar-refractivity contribution is 5.83. The van der Waals surface area contributed by atoms with Gasteiger partial charge in [0.05, 0.1) is 6.57 Å². The van der Waals surface area contributed by atoms with Gasteiger partial charge in [-0.3, -0.25) is 9.98 Å². The van der Waals surface area contributed by atoms with Crippen molar-refractivity contribution in [2.75, 3.05) is 13.2 Å². The molecule has 0 radical (unpaired) electrons. The first-order chi connectivity index (χ1) is 15.9. The largest absolute Gasteiger partial charge is 0.485 e. The Morgan fingerprint density at radius 2 is 1.88 bits per heavy atom. The highest BCUT2D eigenvalue weighted by atomic mass is 19.3. The fraction of sp³-hybridized carbons (Fsp3) is 0.240. The molecule has 0 saturated carbocycles. The van der Waals surface area contributed by atoms with Gasteiger partial charge in [0.1, 0.15) is 30.9 Å². The van der Waals surface area contributed by atoms with E-state index in [0.717, 1.165) is 5.56 Å². The number of rotatable bonds is 2. The number of nitrogens with two attached hydrogens (primary N) is 1. The van der Waals surface area contributed by atoms with E-state index in [9.17, 15) is 0 Å². The number of pyridine rings is 1. The summed E-state index contributed by atoms with van der Waals surface area (Å²) >= 11 is 0. The summed E-state index contributed by atoms with van der Waals surface area (Å²) in [6, 6.07) is 16.0. The molecule has 5 rings (SSSR count). The zero-order chi connectivity index (χ0) is 23.1. The van der Waals surface area contributed by atoms with Crippen molar-refractivity contribution in [1.29, 1.82) is 0 Å². The Balaban J connectivity index is 1.72. The average molecular weight is 446 g/mol. The zero-order valence-electron chi connectivity index (χ0n) is 17.5. The predicted molar refractivity (Wildman–Crippen MR) is 119 cm³/mol. The minimum absolute atomic E-state index is 0.00825. The number of ether oxygens (including phenoxy) is 2. The smallest absolute Gasteiger partial charge is 0.299 e. The van der Waals surface area contributed by atoms with Crippen molar-refractivity contribution < 1.29 is 18.3 Å². The highest BCUT2D eigenvalue weighted by Gasteiger charge is 2.60. The van der Waals surface area contributed by atoms with Gasteiger partial charge in [-0.1, -0.05) is 36.4 Å². The van der Waals surface area contributed by atoms with Crippen LogP contribution in [-0.2, 0) is 10.3 Å². The van der Waals surface area contributed by atoms with E-state index < -0.39 is 24.2 Å². The number of alkyl halides is 2. The molecule has 0 bridgehead atoms. The maximum atomic E-state index is 15.8. The van der Waals surface area contributed by atoms with E-state index in [1.54, 1.807) is 30.5 Å². The molecule has 166 valence electrons. The molecule has 8 heteroatoms. The minimum atomic E-state index is -3.34. The van der Waals surface area contributed by atoms with Crippen molar-refractivity contribution in [3.63, 3.8) is 0 Å². The van der Waals surface area contributed by atoms with Crippen molar-refractivity contribution in [1.82, 2.24) is 4.98 Å². The molecule has 2 aliphatic heterocycles. The predicted octanol–water partition coefficient (Wildman–Crippen LogP) is 5.04. The summed E-state index contributed by atoms with van der Waals surface area (Å²) in [6.07, 6.45) is 2.29. The molecular weight excluding hydrogens is 426 g/mol. The Kier molecular flexibility index (Phi) is 5.06. The Hall–Kier alpha value is -3.83. The van der Waals surface area contributed by atoms with Gasteiger partial charge < -0.3 is 15.2 Å². The van der Waals surface area contributed by atoms with Gasteiger partial charge in [-0.25, -0.2) is 13.6 Å². The molecule has 2 aliphatic rings. The van der Waals surface area contributed by atoms with Gasteiger partial charge in [0.2, 0.25) is 5.69 Å². The molecule has 1 spiro atoms. The fourth-order valence-corrected chi connectivity index (χ4v) is 4.42. The second kappa shape index (κ2) is 7.94. The lowest BCUT2D eigenvalue weighted by molar-refractivity contribution is -0.136. The van der Waals surface area contributed by atoms with Gasteiger partial charge in [-0.15, -0.1) is 0 Å². The Morgan fingerprint density at radius 1 is 1.06 bits per heavy atom. The molecule has 1 aromatic heterocycles. The second-order valence-electron chi connectivity index (χ2n) is 8.14. The third kappa shape index (κ3) is 3.60. The van der Waals surface area contributed by atoms with Crippen LogP contribution in [0.4, 0.5) is 14.5 Å². The van der Waals surface area contributed by atoms with Gasteiger partial charge in [0, 0.05) is 24.4 Å². The summed E-state index contributed by atoms with van der Waals surface area (Å²) in [5.74, 6) is -3.02. The van der Waals surface area contributed by atoms with Crippen LogP contribution in [0.2, 0.25) is 0 Å². The van der Waals surface area contributed by atoms with Crippen LogP contribution >= 0.6 is 0 Å². The van der Waals surface area contributed by atoms with Crippen molar-refractivity contribution in [2.45, 2.75) is 24.0 Å². The summed E-state index contributed by atoms with van der Waals surface area (Å²) in [5.41, 5.74) is 6.66. The second-order valence-corrected chi connectivity index (χ2v) is 8.14. The van der Waals surface area contributed by atoms with E-state index in [1.807, 2.05) is 30.3 Å². The van der Waals surface area contributed by atoms with Gasteiger partial charge in [-0.2, -0.15) is 0 Å². The Morgan fingerprint density at radius 3 is 2.67 bits per heavy atom. The van der Waals surface area contributed by atoms with Crippen LogP contribution in [0.5, 0.6) is 5.75 Å². The van der Waals surface area contributed by atoms with Gasteiger partial charge >= 0.3 is 0 Å². The van der Waals surface area contributed by atoms with E-state index in [2.05, 4.69) is 14.8 Å². The van der Waals surface area contributed by atoms with E-state index in [-0.39, 0.29) is 24.4 Å². The van der Waals surface area contributed by atoms with Crippen LogP contribution in [-0.4, -0.2) is 30.0 Å². The minimum Gasteiger partial charge on any atom is -0.485 e. The van der Waals surface area contributed by atoms with Gasteiger partial charge in [0.25, 0.3) is 5.92 Å². The molecule has 0 aliphatic carbocycles. The van der Waals surface area contributed by atoms with E-state index >= 15 is 8.78 Å². The van der Waals surface area contributed by atoms with Crippen molar-refractivity contribution >= 4 is 11.5 Å². The lowest BCUT2D eigenvalue weighted by atomic mass is 9.75. The summed E-state index contributed by atoms with van der Waals surface area (Å²) < 4.78 is 43.0. The number of nitrogens with zero attached hydrogens (tertiary/aromatic N) is 3. The normalized spacial score (nSPS) is 23.5. The molecule has 3 aromatic rings. The fourth-order valence-electron chi connectivity index (χ4n) is 4.42. The molecule has 0 saturated heterocycles. The van der Waals surface area contributed by atoms with Crippen LogP contribution in [0.15, 0.2) is 72.0 Å². The maximum Gasteiger partial charge on any atom is 0.299 e. The molecule has 0 amide bonds. The standard InChI is InChI=1S/C25H20F2N4O2/c1-29-19-9-18(12-30-13-19)17-7-8-21-20(10-17)24(25(26,27)15-32-14-23(28)31-24)11-22(33-21)16-5-3-2-4-6-16/h2-10,12-13,22H,11,14-15H2,(H2,28,31)/t22?,24-/m1/s1. The van der Waals surface area contributed by atoms with Crippen LogP contribution < -0.4 is 10.5 Å². The molecule has 2 atom stereocenters. The quantitative estimate of drug-likeness (QED) is 0.560. The number of hydrogen-bond acceptors (Lipinski definition) is 5. The first kappa shape index (κ1) is 21.0. The first-order valence-corrected chi connectivity index (χ1v) is 10.4. The molecule has 33 heavy (non-hydrogen) atoms. The van der Waals surface area contributed by atoms with Gasteiger partial charge in [0.15, 0.2) is 5.54 Å². The third-order valence-corrected chi connectivity index (χ3v) is 6.01. The number of aromatic nitrogens is 1. The highest BCUT2D eigenvalue weighted by Crippen LogP contribution is 2.55. The first-order valence-electron chi connectivity index (χ1n) is 10.4. The lowest BCUT2D eigenvalue weighted by Crippen LogP contribution is -2.50. The number of fused-ring (bicyclic) bond motifs is 2. The summed E-state index contributed by atoms with van der Waals surface area (Å²) in [5, 5.41) is 0. The summed E-state index contributed by atoms with van der Waals surface area (Å²) in [7, 11) is 0. The zero-order valence-corrected chi connectivity index (χ0v) is 17.5. The van der Waals surface area contributed by atoms with Crippen molar-refractivity contribution in [3.05, 3.63) is 89.5 Å². The lowest BCUT2D eigenvalue weighted by Gasteiger charge is -2.43. The summed E-state index contributed by atoms with van der Waals surface area (Å²) in [4.78, 5) is 11.9. The van der Waals surface area contributed by atoms with E-state index in [4.69, 9.17) is 21.8 Å². The molecule has 3 heterocycles. The van der Waals surface area contributed by atoms with Gasteiger partial charge in [-0.05, 0) is 34.9 Å². The summed E-state index contributed by atoms with van der Waals surface area (Å²) in [6.45, 7) is 6.26. The molecule has 6 nitrogen and oxygen atoms in total. The third-order valence-electron chi connectivity index (χ3n) is 6.01. The molecule has 2 aromatic carbocycles. The topological polar surface area (TPSA) is 74.1 Å². The monoisotopic (exact) mass is 446 g/mol. The average Bonchev–Trinajstić information content (AvgIpc) is 2.94. The van der Waals surface area contributed by atoms with E-state index in [1.165, 1.54) is 6.20 Å². The SMILES string of the molecule is [C-]#[N+]c1cncc(-c2ccc3c(c2)[C@@]2(CC(c4ccccc4)O3)N=C(N)COCC2(F)F)c1. The molecule has 2 N–H and O–H groups in total. The number of benzene rings is 2. The number of amidine groups is 1. The molecular formula is C25H20F2N4O2. The van der Waals surface area contributed by atoms with E-state index in [0.29, 0.717) is 22.6 Å².